The number of benzene rings is 1. The first-order valence-corrected chi connectivity index (χ1v) is 8.52. The summed E-state index contributed by atoms with van der Waals surface area (Å²) < 4.78 is 5.71. The van der Waals surface area contributed by atoms with Crippen molar-refractivity contribution in [2.45, 2.75) is 58.0 Å². The second-order valence-corrected chi connectivity index (χ2v) is 5.92. The van der Waals surface area contributed by atoms with E-state index in [0.29, 0.717) is 6.54 Å². The van der Waals surface area contributed by atoms with Gasteiger partial charge in [0.05, 0.1) is 12.6 Å². The molecule has 1 unspecified atom stereocenters. The minimum Gasteiger partial charge on any atom is -0.494 e. The van der Waals surface area contributed by atoms with E-state index in [1.807, 2.05) is 12.1 Å². The van der Waals surface area contributed by atoms with Crippen molar-refractivity contribution in [3.63, 3.8) is 0 Å². The molecule has 0 bridgehead atoms. The summed E-state index contributed by atoms with van der Waals surface area (Å²) in [7, 11) is 0. The first kappa shape index (κ1) is 16.8. The maximum atomic E-state index is 11.9. The number of nitrogens with one attached hydrogen (secondary N) is 2. The van der Waals surface area contributed by atoms with Crippen LogP contribution in [0.15, 0.2) is 24.3 Å². The Hall–Kier alpha value is -1.55. The van der Waals surface area contributed by atoms with Gasteiger partial charge in [-0.1, -0.05) is 31.9 Å². The maximum Gasteiger partial charge on any atom is 0.237 e. The second-order valence-electron chi connectivity index (χ2n) is 5.92. The molecule has 1 aromatic carbocycles. The van der Waals surface area contributed by atoms with Gasteiger partial charge in [-0.15, -0.1) is 0 Å². The van der Waals surface area contributed by atoms with Crippen LogP contribution in [0, 0.1) is 0 Å². The van der Waals surface area contributed by atoms with Crippen LogP contribution in [0.1, 0.15) is 51.0 Å². The highest BCUT2D eigenvalue weighted by Gasteiger charge is 2.19. The monoisotopic (exact) mass is 304 g/mol. The molecule has 1 fully saturated rings. The smallest absolute Gasteiger partial charge is 0.237 e. The Kier molecular flexibility index (Phi) is 7.23. The predicted molar refractivity (Wildman–Crippen MR) is 89.0 cm³/mol. The fraction of sp³-hybridized carbons (Fsp3) is 0.611. The van der Waals surface area contributed by atoms with E-state index in [4.69, 9.17) is 4.74 Å². The molecule has 1 atom stereocenters. The largest absolute Gasteiger partial charge is 0.494 e. The third-order valence-electron chi connectivity index (χ3n) is 4.03. The molecule has 0 radical (unpaired) electrons. The van der Waals surface area contributed by atoms with Crippen molar-refractivity contribution >= 4 is 5.91 Å². The van der Waals surface area contributed by atoms with Crippen LogP contribution >= 0.6 is 0 Å². The lowest BCUT2D eigenvalue weighted by Crippen LogP contribution is -2.42. The zero-order valence-corrected chi connectivity index (χ0v) is 13.6. The van der Waals surface area contributed by atoms with Gasteiger partial charge < -0.3 is 15.4 Å². The van der Waals surface area contributed by atoms with Gasteiger partial charge in [-0.3, -0.25) is 4.79 Å². The van der Waals surface area contributed by atoms with E-state index in [-0.39, 0.29) is 11.9 Å². The molecule has 1 amide bonds. The Bertz CT molecular complexity index is 445. The summed E-state index contributed by atoms with van der Waals surface area (Å²) >= 11 is 0. The minimum absolute atomic E-state index is 0.0625. The lowest BCUT2D eigenvalue weighted by atomic mass is 10.1. The summed E-state index contributed by atoms with van der Waals surface area (Å²) in [6.07, 6.45) is 6.63. The SMILES string of the molecule is CCCCCOc1ccc(CNC2CCCCNC2=O)cc1. The zero-order valence-electron chi connectivity index (χ0n) is 13.6. The van der Waals surface area contributed by atoms with Crippen LogP contribution in [0.2, 0.25) is 0 Å². The molecule has 2 N–H and O–H groups in total. The summed E-state index contributed by atoms with van der Waals surface area (Å²) in [4.78, 5) is 11.9. The van der Waals surface area contributed by atoms with Crippen molar-refractivity contribution in [2.75, 3.05) is 13.2 Å². The number of ether oxygens (including phenoxy) is 1. The van der Waals surface area contributed by atoms with Crippen molar-refractivity contribution in [1.82, 2.24) is 10.6 Å². The summed E-state index contributed by atoms with van der Waals surface area (Å²) in [5, 5.41) is 6.31. The lowest BCUT2D eigenvalue weighted by Gasteiger charge is -2.15. The second kappa shape index (κ2) is 9.46. The molecule has 1 aliphatic rings. The van der Waals surface area contributed by atoms with Crippen LogP contribution in [0.25, 0.3) is 0 Å². The molecule has 0 aliphatic carbocycles. The van der Waals surface area contributed by atoms with Crippen LogP contribution in [0.5, 0.6) is 5.75 Å². The molecule has 4 heteroatoms. The fourth-order valence-corrected chi connectivity index (χ4v) is 2.62. The molecule has 1 aromatic rings. The average molecular weight is 304 g/mol. The summed E-state index contributed by atoms with van der Waals surface area (Å²) in [5.41, 5.74) is 1.18. The van der Waals surface area contributed by atoms with Crippen molar-refractivity contribution in [3.05, 3.63) is 29.8 Å². The molecule has 2 rings (SSSR count). The van der Waals surface area contributed by atoms with E-state index in [1.165, 1.54) is 18.4 Å². The number of rotatable bonds is 8. The molecule has 0 spiro atoms. The quantitative estimate of drug-likeness (QED) is 0.726. The normalized spacial score (nSPS) is 18.6. The Labute approximate surface area is 133 Å². The highest BCUT2D eigenvalue weighted by Crippen LogP contribution is 2.13. The maximum absolute atomic E-state index is 11.9. The minimum atomic E-state index is -0.0625. The van der Waals surface area contributed by atoms with Crippen LogP contribution in [0.4, 0.5) is 0 Å². The van der Waals surface area contributed by atoms with Gasteiger partial charge in [-0.2, -0.15) is 0 Å². The summed E-state index contributed by atoms with van der Waals surface area (Å²) in [6.45, 7) is 4.50. The Morgan fingerprint density at radius 3 is 2.82 bits per heavy atom. The third kappa shape index (κ3) is 5.68. The molecule has 122 valence electrons. The van der Waals surface area contributed by atoms with Gasteiger partial charge in [-0.25, -0.2) is 0 Å². The van der Waals surface area contributed by atoms with Crippen molar-refractivity contribution in [3.8, 4) is 5.75 Å². The molecule has 0 saturated carbocycles. The standard InChI is InChI=1S/C18H28N2O2/c1-2-3-6-13-22-16-10-8-15(9-11-16)14-20-17-7-4-5-12-19-18(17)21/h8-11,17,20H,2-7,12-14H2,1H3,(H,19,21). The Morgan fingerprint density at radius 2 is 2.05 bits per heavy atom. The van der Waals surface area contributed by atoms with E-state index >= 15 is 0 Å². The molecular formula is C18H28N2O2. The van der Waals surface area contributed by atoms with Gasteiger partial charge in [0.2, 0.25) is 5.91 Å². The first-order valence-electron chi connectivity index (χ1n) is 8.52. The van der Waals surface area contributed by atoms with Crippen LogP contribution in [0.3, 0.4) is 0 Å². The van der Waals surface area contributed by atoms with Gasteiger partial charge in [-0.05, 0) is 43.4 Å². The Balaban J connectivity index is 1.74. The predicted octanol–water partition coefficient (Wildman–Crippen LogP) is 3.01. The molecule has 1 aliphatic heterocycles. The van der Waals surface area contributed by atoms with E-state index in [0.717, 1.165) is 44.6 Å². The van der Waals surface area contributed by atoms with Crippen molar-refractivity contribution < 1.29 is 9.53 Å². The van der Waals surface area contributed by atoms with Crippen LogP contribution in [-0.4, -0.2) is 25.1 Å². The Morgan fingerprint density at radius 1 is 1.23 bits per heavy atom. The number of carbonyl (C=O) groups is 1. The summed E-state index contributed by atoms with van der Waals surface area (Å²) in [5.74, 6) is 1.06. The van der Waals surface area contributed by atoms with Gasteiger partial charge >= 0.3 is 0 Å². The van der Waals surface area contributed by atoms with E-state index in [2.05, 4.69) is 29.7 Å². The van der Waals surface area contributed by atoms with Crippen LogP contribution in [-0.2, 0) is 11.3 Å². The lowest BCUT2D eigenvalue weighted by molar-refractivity contribution is -0.122. The van der Waals surface area contributed by atoms with Gasteiger partial charge in [0.15, 0.2) is 0 Å². The number of carbonyl (C=O) groups excluding carboxylic acids is 1. The van der Waals surface area contributed by atoms with Crippen molar-refractivity contribution in [2.24, 2.45) is 0 Å². The number of amides is 1. The first-order chi connectivity index (χ1) is 10.8. The highest BCUT2D eigenvalue weighted by atomic mass is 16.5. The molecule has 4 nitrogen and oxygen atoms in total. The molecular weight excluding hydrogens is 276 g/mol. The van der Waals surface area contributed by atoms with E-state index < -0.39 is 0 Å². The topological polar surface area (TPSA) is 50.4 Å². The highest BCUT2D eigenvalue weighted by molar-refractivity contribution is 5.81. The molecule has 1 heterocycles. The number of unbranched alkanes of at least 4 members (excludes halogenated alkanes) is 2. The molecule has 1 saturated heterocycles. The van der Waals surface area contributed by atoms with Gasteiger partial charge in [0, 0.05) is 13.1 Å². The zero-order chi connectivity index (χ0) is 15.6. The van der Waals surface area contributed by atoms with E-state index in [1.54, 1.807) is 0 Å². The number of hydrogen-bond donors (Lipinski definition) is 2. The van der Waals surface area contributed by atoms with Crippen molar-refractivity contribution in [1.29, 1.82) is 0 Å². The van der Waals surface area contributed by atoms with Gasteiger partial charge in [0.25, 0.3) is 0 Å². The van der Waals surface area contributed by atoms with E-state index in [9.17, 15) is 4.79 Å². The molecule has 0 aromatic heterocycles. The van der Waals surface area contributed by atoms with Gasteiger partial charge in [0.1, 0.15) is 5.75 Å². The third-order valence-corrected chi connectivity index (χ3v) is 4.03. The number of hydrogen-bond acceptors (Lipinski definition) is 3. The molecule has 22 heavy (non-hydrogen) atoms. The average Bonchev–Trinajstić information content (AvgIpc) is 2.75. The fourth-order valence-electron chi connectivity index (χ4n) is 2.62. The van der Waals surface area contributed by atoms with Crippen LogP contribution < -0.4 is 15.4 Å². The summed E-state index contributed by atoms with van der Waals surface area (Å²) in [6, 6.07) is 8.09.